The number of nitrogens with two attached hydrogens (primary N) is 1. The van der Waals surface area contributed by atoms with Gasteiger partial charge in [-0.1, -0.05) is 52.4 Å². The quantitative estimate of drug-likeness (QED) is 0.645. The van der Waals surface area contributed by atoms with Gasteiger partial charge in [0.15, 0.2) is 0 Å². The molecule has 1 rings (SSSR count). The van der Waals surface area contributed by atoms with E-state index in [0.717, 1.165) is 25.2 Å². The Morgan fingerprint density at radius 1 is 1.00 bits per heavy atom. The van der Waals surface area contributed by atoms with Crippen molar-refractivity contribution in [2.24, 2.45) is 5.73 Å². The van der Waals surface area contributed by atoms with Gasteiger partial charge in [0.2, 0.25) is 11.8 Å². The van der Waals surface area contributed by atoms with Crippen molar-refractivity contribution in [3.05, 3.63) is 11.8 Å². The van der Waals surface area contributed by atoms with E-state index < -0.39 is 0 Å². The van der Waals surface area contributed by atoms with Gasteiger partial charge in [0.05, 0.1) is 6.04 Å². The van der Waals surface area contributed by atoms with Crippen LogP contribution in [0.25, 0.3) is 0 Å². The molecule has 4 heteroatoms. The summed E-state index contributed by atoms with van der Waals surface area (Å²) in [7, 11) is 0. The molecule has 1 aromatic rings. The van der Waals surface area contributed by atoms with Gasteiger partial charge in [-0.05, 0) is 12.8 Å². The lowest BCUT2D eigenvalue weighted by molar-refractivity contribution is 0.407. The summed E-state index contributed by atoms with van der Waals surface area (Å²) < 4.78 is 5.53. The van der Waals surface area contributed by atoms with Crippen molar-refractivity contribution in [1.29, 1.82) is 0 Å². The average molecular weight is 253 g/mol. The average Bonchev–Trinajstić information content (AvgIpc) is 2.85. The molecule has 4 nitrogen and oxygen atoms in total. The van der Waals surface area contributed by atoms with E-state index in [1.54, 1.807) is 0 Å². The zero-order valence-electron chi connectivity index (χ0n) is 11.8. The van der Waals surface area contributed by atoms with E-state index in [9.17, 15) is 0 Å². The lowest BCUT2D eigenvalue weighted by atomic mass is 10.1. The van der Waals surface area contributed by atoms with Gasteiger partial charge in [-0.3, -0.25) is 0 Å². The highest BCUT2D eigenvalue weighted by atomic mass is 16.4. The van der Waals surface area contributed by atoms with Crippen LogP contribution in [0.1, 0.15) is 83.0 Å². The first kappa shape index (κ1) is 15.2. The van der Waals surface area contributed by atoms with Crippen LogP contribution in [-0.2, 0) is 6.42 Å². The molecule has 1 aromatic heterocycles. The van der Waals surface area contributed by atoms with E-state index in [-0.39, 0.29) is 6.04 Å². The number of rotatable bonds is 10. The Kier molecular flexibility index (Phi) is 7.65. The van der Waals surface area contributed by atoms with E-state index in [2.05, 4.69) is 17.1 Å². The Hall–Kier alpha value is -0.900. The Balaban J connectivity index is 2.10. The van der Waals surface area contributed by atoms with Gasteiger partial charge in [-0.25, -0.2) is 0 Å². The Morgan fingerprint density at radius 3 is 2.33 bits per heavy atom. The highest BCUT2D eigenvalue weighted by Crippen LogP contribution is 2.14. The first-order valence-corrected chi connectivity index (χ1v) is 7.35. The molecule has 0 aliphatic rings. The fraction of sp³-hybridized carbons (Fsp3) is 0.857. The third-order valence-electron chi connectivity index (χ3n) is 3.23. The second-order valence-electron chi connectivity index (χ2n) is 4.92. The number of hydrogen-bond donors (Lipinski definition) is 1. The number of hydrogen-bond acceptors (Lipinski definition) is 4. The SMILES string of the molecule is CCCCCCCCCc1nnc(C(N)CC)o1. The lowest BCUT2D eigenvalue weighted by Crippen LogP contribution is -2.08. The summed E-state index contributed by atoms with van der Waals surface area (Å²) in [5.41, 5.74) is 5.83. The summed E-state index contributed by atoms with van der Waals surface area (Å²) in [5.74, 6) is 1.32. The molecule has 0 radical (unpaired) electrons. The maximum atomic E-state index is 5.83. The van der Waals surface area contributed by atoms with Crippen molar-refractivity contribution in [3.63, 3.8) is 0 Å². The normalized spacial score (nSPS) is 12.8. The van der Waals surface area contributed by atoms with Gasteiger partial charge in [0, 0.05) is 6.42 Å². The summed E-state index contributed by atoms with van der Waals surface area (Å²) in [6.45, 7) is 4.26. The molecule has 0 bridgehead atoms. The second kappa shape index (κ2) is 9.09. The van der Waals surface area contributed by atoms with Crippen LogP contribution in [0.3, 0.4) is 0 Å². The van der Waals surface area contributed by atoms with E-state index in [0.29, 0.717) is 5.89 Å². The molecular formula is C14H27N3O. The third kappa shape index (κ3) is 5.63. The smallest absolute Gasteiger partial charge is 0.233 e. The molecule has 1 atom stereocenters. The summed E-state index contributed by atoms with van der Waals surface area (Å²) in [5, 5.41) is 8.02. The third-order valence-corrected chi connectivity index (χ3v) is 3.23. The summed E-state index contributed by atoms with van der Waals surface area (Å²) >= 11 is 0. The molecule has 0 spiro atoms. The van der Waals surface area contributed by atoms with Crippen LogP contribution in [0, 0.1) is 0 Å². The number of nitrogens with zero attached hydrogens (tertiary/aromatic N) is 2. The van der Waals surface area contributed by atoms with Crippen LogP contribution in [0.2, 0.25) is 0 Å². The predicted molar refractivity (Wildman–Crippen MR) is 73.2 cm³/mol. The second-order valence-corrected chi connectivity index (χ2v) is 4.92. The molecule has 0 saturated heterocycles. The van der Waals surface area contributed by atoms with Gasteiger partial charge in [-0.15, -0.1) is 10.2 Å². The molecule has 0 fully saturated rings. The molecule has 0 aliphatic heterocycles. The Bertz CT molecular complexity index is 312. The van der Waals surface area contributed by atoms with Gasteiger partial charge in [0.25, 0.3) is 0 Å². The molecule has 0 aromatic carbocycles. The zero-order chi connectivity index (χ0) is 13.2. The molecule has 0 saturated carbocycles. The van der Waals surface area contributed by atoms with Crippen LogP contribution >= 0.6 is 0 Å². The molecule has 1 unspecified atom stereocenters. The van der Waals surface area contributed by atoms with Crippen molar-refractivity contribution < 1.29 is 4.42 Å². The minimum Gasteiger partial charge on any atom is -0.424 e. The van der Waals surface area contributed by atoms with E-state index >= 15 is 0 Å². The van der Waals surface area contributed by atoms with Crippen molar-refractivity contribution in [1.82, 2.24) is 10.2 Å². The minimum absolute atomic E-state index is 0.111. The van der Waals surface area contributed by atoms with Crippen molar-refractivity contribution in [2.45, 2.75) is 77.7 Å². The fourth-order valence-electron chi connectivity index (χ4n) is 1.93. The summed E-state index contributed by atoms with van der Waals surface area (Å²) in [6.07, 6.45) is 10.8. The Labute approximate surface area is 110 Å². The van der Waals surface area contributed by atoms with Crippen molar-refractivity contribution in [2.75, 3.05) is 0 Å². The Morgan fingerprint density at radius 2 is 1.67 bits per heavy atom. The number of aryl methyl sites for hydroxylation is 1. The largest absolute Gasteiger partial charge is 0.424 e. The topological polar surface area (TPSA) is 64.9 Å². The first-order valence-electron chi connectivity index (χ1n) is 7.35. The highest BCUT2D eigenvalue weighted by Gasteiger charge is 2.11. The lowest BCUT2D eigenvalue weighted by Gasteiger charge is -2.01. The van der Waals surface area contributed by atoms with Crippen LogP contribution in [0.15, 0.2) is 4.42 Å². The first-order chi connectivity index (χ1) is 8.77. The molecule has 104 valence electrons. The van der Waals surface area contributed by atoms with Gasteiger partial charge < -0.3 is 10.2 Å². The van der Waals surface area contributed by atoms with Gasteiger partial charge in [-0.2, -0.15) is 0 Å². The highest BCUT2D eigenvalue weighted by molar-refractivity contribution is 4.88. The standard InChI is InChI=1S/C14H27N3O/c1-3-5-6-7-8-9-10-11-13-16-17-14(18-13)12(15)4-2/h12H,3-11,15H2,1-2H3. The van der Waals surface area contributed by atoms with E-state index in [1.165, 1.54) is 38.5 Å². The molecule has 2 N–H and O–H groups in total. The van der Waals surface area contributed by atoms with E-state index in [4.69, 9.17) is 10.2 Å². The van der Waals surface area contributed by atoms with Crippen molar-refractivity contribution in [3.8, 4) is 0 Å². The minimum atomic E-state index is -0.111. The summed E-state index contributed by atoms with van der Waals surface area (Å²) in [6, 6.07) is -0.111. The van der Waals surface area contributed by atoms with Gasteiger partial charge >= 0.3 is 0 Å². The monoisotopic (exact) mass is 253 g/mol. The molecular weight excluding hydrogens is 226 g/mol. The van der Waals surface area contributed by atoms with Crippen LogP contribution in [0.4, 0.5) is 0 Å². The zero-order valence-corrected chi connectivity index (χ0v) is 11.8. The number of unbranched alkanes of at least 4 members (excludes halogenated alkanes) is 6. The maximum absolute atomic E-state index is 5.83. The van der Waals surface area contributed by atoms with E-state index in [1.807, 2.05) is 6.92 Å². The summed E-state index contributed by atoms with van der Waals surface area (Å²) in [4.78, 5) is 0. The predicted octanol–water partition coefficient (Wildman–Crippen LogP) is 3.77. The van der Waals surface area contributed by atoms with Crippen LogP contribution in [0.5, 0.6) is 0 Å². The molecule has 1 heterocycles. The molecule has 0 amide bonds. The maximum Gasteiger partial charge on any atom is 0.233 e. The molecule has 0 aliphatic carbocycles. The van der Waals surface area contributed by atoms with Crippen LogP contribution < -0.4 is 5.73 Å². The fourth-order valence-corrected chi connectivity index (χ4v) is 1.93. The number of aromatic nitrogens is 2. The van der Waals surface area contributed by atoms with Crippen LogP contribution in [-0.4, -0.2) is 10.2 Å². The van der Waals surface area contributed by atoms with Crippen molar-refractivity contribution >= 4 is 0 Å². The molecule has 18 heavy (non-hydrogen) atoms. The van der Waals surface area contributed by atoms with Gasteiger partial charge in [0.1, 0.15) is 0 Å².